The van der Waals surface area contributed by atoms with Crippen LogP contribution in [-0.4, -0.2) is 56.1 Å². The van der Waals surface area contributed by atoms with Crippen molar-refractivity contribution >= 4 is 17.7 Å². The summed E-state index contributed by atoms with van der Waals surface area (Å²) in [6.45, 7) is 8.63. The molecule has 2 aliphatic rings. The van der Waals surface area contributed by atoms with Gasteiger partial charge in [0.05, 0.1) is 36.7 Å². The molecule has 2 amide bonds. The molecule has 8 nitrogen and oxygen atoms in total. The fourth-order valence-corrected chi connectivity index (χ4v) is 4.10. The number of carbonyl (C=O) groups is 2. The van der Waals surface area contributed by atoms with Crippen LogP contribution in [0.2, 0.25) is 0 Å². The third-order valence-corrected chi connectivity index (χ3v) is 5.64. The van der Waals surface area contributed by atoms with Gasteiger partial charge in [-0.05, 0) is 33.3 Å². The Bertz CT molecular complexity index is 950. The normalized spacial score (nSPS) is 24.2. The lowest BCUT2D eigenvalue weighted by Gasteiger charge is -2.36. The summed E-state index contributed by atoms with van der Waals surface area (Å²) in [6.07, 6.45) is 0.161. The molecule has 0 aliphatic carbocycles. The van der Waals surface area contributed by atoms with Crippen molar-refractivity contribution in [1.82, 2.24) is 14.7 Å². The van der Waals surface area contributed by atoms with E-state index in [2.05, 4.69) is 5.10 Å². The Labute approximate surface area is 176 Å². The number of ether oxygens (including phenoxy) is 1. The standard InChI is InChI=1S/C22H28N4O4/c1-14-11-26-18(13-24(14)21(29)30-22(2,3)4)17(10-23-26)25-12-16(19(27)20(25)28)15-8-6-5-7-9-15/h5-10,14,16,19,27H,11-13H2,1-4H3/t14-,16?,19?/m0/s1. The molecule has 3 heterocycles. The van der Waals surface area contributed by atoms with Gasteiger partial charge in [0.1, 0.15) is 11.7 Å². The van der Waals surface area contributed by atoms with Crippen LogP contribution in [0.1, 0.15) is 44.9 Å². The van der Waals surface area contributed by atoms with Crippen LogP contribution >= 0.6 is 0 Å². The SMILES string of the molecule is C[C@H]1Cn2ncc(N3CC(c4ccccc4)C(O)C3=O)c2CN1C(=O)OC(C)(C)C. The minimum atomic E-state index is -1.10. The second kappa shape index (κ2) is 7.43. The van der Waals surface area contributed by atoms with E-state index in [1.807, 2.05) is 62.7 Å². The van der Waals surface area contributed by atoms with E-state index in [9.17, 15) is 14.7 Å². The maximum Gasteiger partial charge on any atom is 0.410 e. The van der Waals surface area contributed by atoms with E-state index in [1.165, 1.54) is 0 Å². The Morgan fingerprint density at radius 3 is 2.57 bits per heavy atom. The molecule has 0 spiro atoms. The molecule has 3 atom stereocenters. The molecule has 1 aromatic carbocycles. The summed E-state index contributed by atoms with van der Waals surface area (Å²) in [6, 6.07) is 9.46. The van der Waals surface area contributed by atoms with Gasteiger partial charge in [0, 0.05) is 12.5 Å². The summed E-state index contributed by atoms with van der Waals surface area (Å²) in [4.78, 5) is 28.8. The minimum absolute atomic E-state index is 0.0861. The van der Waals surface area contributed by atoms with Gasteiger partial charge in [-0.2, -0.15) is 5.10 Å². The number of anilines is 1. The van der Waals surface area contributed by atoms with Crippen LogP contribution in [0.15, 0.2) is 36.5 Å². The molecule has 1 fully saturated rings. The van der Waals surface area contributed by atoms with Gasteiger partial charge in [-0.15, -0.1) is 0 Å². The molecular formula is C22H28N4O4. The lowest BCUT2D eigenvalue weighted by Crippen LogP contribution is -2.47. The zero-order valence-corrected chi connectivity index (χ0v) is 17.8. The second-order valence-electron chi connectivity index (χ2n) is 9.03. The third-order valence-electron chi connectivity index (χ3n) is 5.64. The van der Waals surface area contributed by atoms with Crippen LogP contribution < -0.4 is 4.90 Å². The summed E-state index contributed by atoms with van der Waals surface area (Å²) in [5.74, 6) is -0.652. The predicted molar refractivity (Wildman–Crippen MR) is 111 cm³/mol. The van der Waals surface area contributed by atoms with E-state index in [0.29, 0.717) is 25.3 Å². The number of aliphatic hydroxyl groups is 1. The summed E-state index contributed by atoms with van der Waals surface area (Å²) in [5, 5.41) is 15.0. The van der Waals surface area contributed by atoms with Crippen LogP contribution in [0.5, 0.6) is 0 Å². The number of nitrogens with zero attached hydrogens (tertiary/aromatic N) is 4. The highest BCUT2D eigenvalue weighted by Crippen LogP contribution is 2.35. The van der Waals surface area contributed by atoms with Crippen LogP contribution in [0, 0.1) is 0 Å². The van der Waals surface area contributed by atoms with Crippen LogP contribution in [0.4, 0.5) is 10.5 Å². The number of aliphatic hydroxyl groups excluding tert-OH is 1. The molecular weight excluding hydrogens is 384 g/mol. The van der Waals surface area contributed by atoms with Gasteiger partial charge in [-0.25, -0.2) is 4.79 Å². The lowest BCUT2D eigenvalue weighted by molar-refractivity contribution is -0.124. The Hall–Kier alpha value is -2.87. The Morgan fingerprint density at radius 1 is 1.20 bits per heavy atom. The third kappa shape index (κ3) is 3.67. The van der Waals surface area contributed by atoms with Crippen molar-refractivity contribution in [2.45, 2.75) is 64.4 Å². The van der Waals surface area contributed by atoms with Crippen LogP contribution in [0.25, 0.3) is 0 Å². The molecule has 1 saturated heterocycles. The smallest absolute Gasteiger partial charge is 0.410 e. The summed E-state index contributed by atoms with van der Waals surface area (Å²) in [5.41, 5.74) is 1.74. The first kappa shape index (κ1) is 20.4. The predicted octanol–water partition coefficient (Wildman–Crippen LogP) is 2.51. The molecule has 0 radical (unpaired) electrons. The van der Waals surface area contributed by atoms with Crippen molar-refractivity contribution in [3.8, 4) is 0 Å². The molecule has 0 saturated carbocycles. The van der Waals surface area contributed by atoms with E-state index >= 15 is 0 Å². The van der Waals surface area contributed by atoms with Crippen molar-refractivity contribution in [3.63, 3.8) is 0 Å². The average Bonchev–Trinajstić information content (AvgIpc) is 3.21. The number of benzene rings is 1. The minimum Gasteiger partial charge on any atom is -0.444 e. The number of fused-ring (bicyclic) bond motifs is 1. The summed E-state index contributed by atoms with van der Waals surface area (Å²) in [7, 11) is 0. The van der Waals surface area contributed by atoms with E-state index in [4.69, 9.17) is 4.74 Å². The highest BCUT2D eigenvalue weighted by molar-refractivity contribution is 6.00. The van der Waals surface area contributed by atoms with E-state index in [1.54, 1.807) is 16.0 Å². The molecule has 2 unspecified atom stereocenters. The quantitative estimate of drug-likeness (QED) is 0.819. The van der Waals surface area contributed by atoms with Crippen LogP contribution in [0.3, 0.4) is 0 Å². The monoisotopic (exact) mass is 412 g/mol. The van der Waals surface area contributed by atoms with E-state index in [-0.39, 0.29) is 24.0 Å². The summed E-state index contributed by atoms with van der Waals surface area (Å²) >= 11 is 0. The molecule has 4 rings (SSSR count). The maximum atomic E-state index is 12.9. The average molecular weight is 412 g/mol. The second-order valence-corrected chi connectivity index (χ2v) is 9.03. The molecule has 1 aromatic heterocycles. The Balaban J connectivity index is 1.60. The highest BCUT2D eigenvalue weighted by Gasteiger charge is 2.43. The van der Waals surface area contributed by atoms with Gasteiger partial charge < -0.3 is 14.7 Å². The lowest BCUT2D eigenvalue weighted by atomic mass is 9.96. The number of hydrogen-bond acceptors (Lipinski definition) is 5. The van der Waals surface area contributed by atoms with Crippen molar-refractivity contribution < 1.29 is 19.4 Å². The Kier molecular flexibility index (Phi) is 5.05. The molecule has 0 bridgehead atoms. The van der Waals surface area contributed by atoms with Gasteiger partial charge in [0.25, 0.3) is 5.91 Å². The van der Waals surface area contributed by atoms with Gasteiger partial charge >= 0.3 is 6.09 Å². The van der Waals surface area contributed by atoms with Crippen molar-refractivity contribution in [2.24, 2.45) is 0 Å². The number of hydrogen-bond donors (Lipinski definition) is 1. The van der Waals surface area contributed by atoms with Crippen molar-refractivity contribution in [1.29, 1.82) is 0 Å². The van der Waals surface area contributed by atoms with E-state index in [0.717, 1.165) is 11.3 Å². The molecule has 8 heteroatoms. The van der Waals surface area contributed by atoms with Gasteiger partial charge in [0.15, 0.2) is 0 Å². The summed E-state index contributed by atoms with van der Waals surface area (Å²) < 4.78 is 7.38. The van der Waals surface area contributed by atoms with Gasteiger partial charge in [0.2, 0.25) is 0 Å². The zero-order valence-electron chi connectivity index (χ0n) is 17.8. The first-order chi connectivity index (χ1) is 14.2. The molecule has 1 N–H and O–H groups in total. The zero-order chi connectivity index (χ0) is 21.6. The van der Waals surface area contributed by atoms with Crippen molar-refractivity contribution in [2.75, 3.05) is 11.4 Å². The fraction of sp³-hybridized carbons (Fsp3) is 0.500. The molecule has 160 valence electrons. The number of rotatable bonds is 2. The topological polar surface area (TPSA) is 87.9 Å². The Morgan fingerprint density at radius 2 is 1.90 bits per heavy atom. The first-order valence-electron chi connectivity index (χ1n) is 10.2. The highest BCUT2D eigenvalue weighted by atomic mass is 16.6. The molecule has 2 aliphatic heterocycles. The molecule has 2 aromatic rings. The van der Waals surface area contributed by atoms with Crippen LogP contribution in [-0.2, 0) is 22.6 Å². The van der Waals surface area contributed by atoms with Gasteiger partial charge in [-0.1, -0.05) is 30.3 Å². The maximum absolute atomic E-state index is 12.9. The van der Waals surface area contributed by atoms with Gasteiger partial charge in [-0.3, -0.25) is 14.4 Å². The van der Waals surface area contributed by atoms with Crippen molar-refractivity contribution in [3.05, 3.63) is 47.8 Å². The fourth-order valence-electron chi connectivity index (χ4n) is 4.10. The number of carbonyl (C=O) groups excluding carboxylic acids is 2. The first-order valence-corrected chi connectivity index (χ1v) is 10.2. The molecule has 30 heavy (non-hydrogen) atoms. The number of aromatic nitrogens is 2. The largest absolute Gasteiger partial charge is 0.444 e. The van der Waals surface area contributed by atoms with E-state index < -0.39 is 11.7 Å². The number of amides is 2.